The highest BCUT2D eigenvalue weighted by Crippen LogP contribution is 2.21. The second kappa shape index (κ2) is 7.57. The third-order valence-corrected chi connectivity index (χ3v) is 5.40. The smallest absolute Gasteiger partial charge is 0.225 e. The first-order chi connectivity index (χ1) is 11.7. The topological polar surface area (TPSA) is 62.3 Å². The highest BCUT2D eigenvalue weighted by atomic mass is 32.1. The molecule has 1 N–H and O–H groups in total. The summed E-state index contributed by atoms with van der Waals surface area (Å²) in [5.74, 6) is -0.296. The summed E-state index contributed by atoms with van der Waals surface area (Å²) in [5.41, 5.74) is 0.845. The molecule has 0 aromatic carbocycles. The average Bonchev–Trinajstić information content (AvgIpc) is 3.21. The molecular formula is C18H21N3O2S. The SMILES string of the molecule is CCc1ccc(CNC(=O)[C@@H]2CC(=O)N(Cc3ccccn3)C2)s1. The highest BCUT2D eigenvalue weighted by Gasteiger charge is 2.34. The quantitative estimate of drug-likeness (QED) is 0.876. The van der Waals surface area contributed by atoms with Crippen molar-refractivity contribution in [3.63, 3.8) is 0 Å². The molecule has 1 fully saturated rings. The minimum absolute atomic E-state index is 0.0187. The van der Waals surface area contributed by atoms with Crippen LogP contribution in [0, 0.1) is 5.92 Å². The maximum Gasteiger partial charge on any atom is 0.225 e. The summed E-state index contributed by atoms with van der Waals surface area (Å²) >= 11 is 1.72. The van der Waals surface area contributed by atoms with E-state index in [1.54, 1.807) is 22.4 Å². The van der Waals surface area contributed by atoms with Gasteiger partial charge in [0.15, 0.2) is 0 Å². The van der Waals surface area contributed by atoms with Gasteiger partial charge < -0.3 is 10.2 Å². The molecule has 5 nitrogen and oxygen atoms in total. The Morgan fingerprint density at radius 2 is 2.17 bits per heavy atom. The molecule has 24 heavy (non-hydrogen) atoms. The fourth-order valence-corrected chi connectivity index (χ4v) is 3.71. The maximum atomic E-state index is 12.3. The molecule has 0 saturated carbocycles. The van der Waals surface area contributed by atoms with E-state index in [1.165, 1.54) is 4.88 Å². The molecule has 0 bridgehead atoms. The highest BCUT2D eigenvalue weighted by molar-refractivity contribution is 7.11. The van der Waals surface area contributed by atoms with Gasteiger partial charge in [-0.2, -0.15) is 0 Å². The Kier molecular flexibility index (Phi) is 5.25. The van der Waals surface area contributed by atoms with Crippen LogP contribution in [0.1, 0.15) is 28.8 Å². The number of pyridine rings is 1. The minimum Gasteiger partial charge on any atom is -0.351 e. The second-order valence-corrected chi connectivity index (χ2v) is 7.19. The molecule has 1 saturated heterocycles. The van der Waals surface area contributed by atoms with Crippen molar-refractivity contribution in [1.82, 2.24) is 15.2 Å². The van der Waals surface area contributed by atoms with E-state index < -0.39 is 0 Å². The lowest BCUT2D eigenvalue weighted by molar-refractivity contribution is -0.129. The van der Waals surface area contributed by atoms with Gasteiger partial charge in [-0.25, -0.2) is 0 Å². The summed E-state index contributed by atoms with van der Waals surface area (Å²) in [4.78, 5) is 32.9. The van der Waals surface area contributed by atoms with Crippen LogP contribution in [-0.2, 0) is 29.1 Å². The van der Waals surface area contributed by atoms with Crippen LogP contribution in [0.4, 0.5) is 0 Å². The van der Waals surface area contributed by atoms with Crippen LogP contribution in [0.5, 0.6) is 0 Å². The van der Waals surface area contributed by atoms with Gasteiger partial charge in [-0.1, -0.05) is 13.0 Å². The Morgan fingerprint density at radius 3 is 2.88 bits per heavy atom. The van der Waals surface area contributed by atoms with Crippen molar-refractivity contribution < 1.29 is 9.59 Å². The van der Waals surface area contributed by atoms with E-state index in [4.69, 9.17) is 0 Å². The number of nitrogens with one attached hydrogen (secondary N) is 1. The number of hydrogen-bond acceptors (Lipinski definition) is 4. The summed E-state index contributed by atoms with van der Waals surface area (Å²) in [6, 6.07) is 9.79. The second-order valence-electron chi connectivity index (χ2n) is 5.94. The molecule has 6 heteroatoms. The summed E-state index contributed by atoms with van der Waals surface area (Å²) in [7, 11) is 0. The zero-order valence-corrected chi connectivity index (χ0v) is 14.5. The monoisotopic (exact) mass is 343 g/mol. The number of carbonyl (C=O) groups excluding carboxylic acids is 2. The molecular weight excluding hydrogens is 322 g/mol. The first-order valence-corrected chi connectivity index (χ1v) is 9.00. The van der Waals surface area contributed by atoms with Gasteiger partial charge in [-0.15, -0.1) is 11.3 Å². The van der Waals surface area contributed by atoms with Gasteiger partial charge >= 0.3 is 0 Å². The van der Waals surface area contributed by atoms with E-state index in [2.05, 4.69) is 29.4 Å². The summed E-state index contributed by atoms with van der Waals surface area (Å²) in [5, 5.41) is 2.96. The van der Waals surface area contributed by atoms with Gasteiger partial charge in [0, 0.05) is 28.9 Å². The Bertz CT molecular complexity index is 714. The summed E-state index contributed by atoms with van der Waals surface area (Å²) < 4.78 is 0. The number of rotatable bonds is 6. The molecule has 1 aliphatic heterocycles. The molecule has 2 aromatic heterocycles. The molecule has 2 amide bonds. The maximum absolute atomic E-state index is 12.3. The number of hydrogen-bond donors (Lipinski definition) is 1. The number of aromatic nitrogens is 1. The first-order valence-electron chi connectivity index (χ1n) is 8.18. The number of nitrogens with zero attached hydrogens (tertiary/aromatic N) is 2. The van der Waals surface area contributed by atoms with Crippen molar-refractivity contribution in [2.45, 2.75) is 32.9 Å². The van der Waals surface area contributed by atoms with Crippen molar-refractivity contribution in [3.05, 3.63) is 52.0 Å². The largest absolute Gasteiger partial charge is 0.351 e. The van der Waals surface area contributed by atoms with Crippen LogP contribution in [0.25, 0.3) is 0 Å². The fourth-order valence-electron chi connectivity index (χ4n) is 2.81. The molecule has 3 rings (SSSR count). The Balaban J connectivity index is 1.52. The van der Waals surface area contributed by atoms with Gasteiger partial charge in [0.1, 0.15) is 0 Å². The fraction of sp³-hybridized carbons (Fsp3) is 0.389. The lowest BCUT2D eigenvalue weighted by Crippen LogP contribution is -2.32. The van der Waals surface area contributed by atoms with Gasteiger partial charge in [-0.3, -0.25) is 14.6 Å². The zero-order valence-electron chi connectivity index (χ0n) is 13.7. The first kappa shape index (κ1) is 16.6. The number of thiophene rings is 1. The van der Waals surface area contributed by atoms with E-state index in [1.807, 2.05) is 18.2 Å². The van der Waals surface area contributed by atoms with Gasteiger partial charge in [-0.05, 0) is 30.7 Å². The molecule has 126 valence electrons. The van der Waals surface area contributed by atoms with E-state index in [9.17, 15) is 9.59 Å². The van der Waals surface area contributed by atoms with Crippen LogP contribution in [0.2, 0.25) is 0 Å². The van der Waals surface area contributed by atoms with Crippen LogP contribution in [0.15, 0.2) is 36.5 Å². The van der Waals surface area contributed by atoms with Crippen LogP contribution < -0.4 is 5.32 Å². The third kappa shape index (κ3) is 4.00. The predicted octanol–water partition coefficient (Wildman–Crippen LogP) is 2.37. The number of carbonyl (C=O) groups is 2. The number of aryl methyl sites for hydroxylation is 1. The Hall–Kier alpha value is -2.21. The average molecular weight is 343 g/mol. The molecule has 3 heterocycles. The van der Waals surface area contributed by atoms with Crippen molar-refractivity contribution in [3.8, 4) is 0 Å². The Morgan fingerprint density at radius 1 is 1.33 bits per heavy atom. The van der Waals surface area contributed by atoms with Crippen LogP contribution in [-0.4, -0.2) is 28.2 Å². The van der Waals surface area contributed by atoms with Gasteiger partial charge in [0.25, 0.3) is 0 Å². The lowest BCUT2D eigenvalue weighted by atomic mass is 10.1. The molecule has 0 unspecified atom stereocenters. The van der Waals surface area contributed by atoms with Gasteiger partial charge in [0.2, 0.25) is 11.8 Å². The Labute approximate surface area is 145 Å². The zero-order chi connectivity index (χ0) is 16.9. The predicted molar refractivity (Wildman–Crippen MR) is 93.3 cm³/mol. The molecule has 0 radical (unpaired) electrons. The van der Waals surface area contributed by atoms with Crippen molar-refractivity contribution in [2.75, 3.05) is 6.54 Å². The molecule has 2 aromatic rings. The summed E-state index contributed by atoms with van der Waals surface area (Å²) in [6.45, 7) is 3.59. The van der Waals surface area contributed by atoms with E-state index >= 15 is 0 Å². The van der Waals surface area contributed by atoms with E-state index in [0.29, 0.717) is 19.6 Å². The van der Waals surface area contributed by atoms with E-state index in [-0.39, 0.29) is 24.2 Å². The van der Waals surface area contributed by atoms with Crippen molar-refractivity contribution in [1.29, 1.82) is 0 Å². The molecule has 0 aliphatic carbocycles. The van der Waals surface area contributed by atoms with E-state index in [0.717, 1.165) is 17.0 Å². The van der Waals surface area contributed by atoms with Crippen molar-refractivity contribution >= 4 is 23.2 Å². The number of likely N-dealkylation sites (tertiary alicyclic amines) is 1. The van der Waals surface area contributed by atoms with Crippen LogP contribution in [0.3, 0.4) is 0 Å². The third-order valence-electron chi connectivity index (χ3n) is 4.17. The molecule has 1 aliphatic rings. The minimum atomic E-state index is -0.271. The molecule has 1 atom stereocenters. The lowest BCUT2D eigenvalue weighted by Gasteiger charge is -2.16. The molecule has 0 spiro atoms. The summed E-state index contributed by atoms with van der Waals surface area (Å²) in [6.07, 6.45) is 3.01. The standard InChI is InChI=1S/C18H21N3O2S/c1-2-15-6-7-16(24-15)10-20-18(23)13-9-17(22)21(11-13)12-14-5-3-4-8-19-14/h3-8,13H,2,9-12H2,1H3,(H,20,23)/t13-/m1/s1. The van der Waals surface area contributed by atoms with Crippen molar-refractivity contribution in [2.24, 2.45) is 5.92 Å². The van der Waals surface area contributed by atoms with Gasteiger partial charge in [0.05, 0.1) is 24.7 Å². The van der Waals surface area contributed by atoms with Crippen LogP contribution >= 0.6 is 11.3 Å². The number of amides is 2. The normalized spacial score (nSPS) is 17.3.